The molecule has 0 saturated heterocycles. The number of pyridine rings is 1. The predicted octanol–water partition coefficient (Wildman–Crippen LogP) is 6.36. The van der Waals surface area contributed by atoms with E-state index in [9.17, 15) is 0 Å². The van der Waals surface area contributed by atoms with Gasteiger partial charge in [-0.05, 0) is 48.5 Å². The van der Waals surface area contributed by atoms with E-state index in [1.165, 1.54) is 0 Å². The number of halogens is 1. The zero-order valence-corrected chi connectivity index (χ0v) is 14.9. The molecule has 0 aliphatic carbocycles. The number of fused-ring (bicyclic) bond motifs is 1. The molecule has 0 bridgehead atoms. The lowest BCUT2D eigenvalue weighted by Gasteiger charge is -2.13. The Balaban J connectivity index is 1.82. The molecule has 4 aromatic rings. The first kappa shape index (κ1) is 16.4. The van der Waals surface area contributed by atoms with Gasteiger partial charge >= 0.3 is 0 Å². The number of methoxy groups -OCH3 is 1. The van der Waals surface area contributed by atoms with Gasteiger partial charge in [-0.1, -0.05) is 41.9 Å². The maximum absolute atomic E-state index is 6.15. The van der Waals surface area contributed by atoms with Crippen LogP contribution in [-0.2, 0) is 0 Å². The minimum atomic E-state index is 0.687. The minimum absolute atomic E-state index is 0.687. The molecule has 0 atom stereocenters. The molecule has 0 amide bonds. The molecule has 0 saturated carbocycles. The molecule has 0 aliphatic heterocycles. The highest BCUT2D eigenvalue weighted by atomic mass is 35.5. The van der Waals surface area contributed by atoms with Crippen molar-refractivity contribution in [3.63, 3.8) is 0 Å². The van der Waals surface area contributed by atoms with E-state index < -0.39 is 0 Å². The molecular weight excluding hydrogens is 346 g/mol. The second-order valence-corrected chi connectivity index (χ2v) is 6.25. The van der Waals surface area contributed by atoms with Crippen molar-refractivity contribution in [2.75, 3.05) is 7.11 Å². The van der Waals surface area contributed by atoms with Gasteiger partial charge in [0.25, 0.3) is 0 Å². The lowest BCUT2D eigenvalue weighted by molar-refractivity contribution is 0.413. The fraction of sp³-hybridized carbons (Fsp3) is 0.0455. The van der Waals surface area contributed by atoms with Gasteiger partial charge in [0.15, 0.2) is 5.75 Å². The van der Waals surface area contributed by atoms with Crippen molar-refractivity contribution < 1.29 is 9.47 Å². The van der Waals surface area contributed by atoms with Crippen LogP contribution in [-0.4, -0.2) is 12.1 Å². The van der Waals surface area contributed by atoms with Crippen LogP contribution in [0.2, 0.25) is 5.02 Å². The number of ether oxygens (including phenoxy) is 2. The minimum Gasteiger partial charge on any atom is -0.497 e. The number of nitrogens with zero attached hydrogens (tertiary/aromatic N) is 1. The first-order chi connectivity index (χ1) is 12.7. The van der Waals surface area contributed by atoms with Crippen LogP contribution in [0.4, 0.5) is 0 Å². The van der Waals surface area contributed by atoms with E-state index in [2.05, 4.69) is 0 Å². The van der Waals surface area contributed by atoms with Gasteiger partial charge in [0.1, 0.15) is 17.2 Å². The van der Waals surface area contributed by atoms with Gasteiger partial charge < -0.3 is 9.47 Å². The molecule has 0 radical (unpaired) electrons. The lowest BCUT2D eigenvalue weighted by Crippen LogP contribution is -1.93. The zero-order valence-electron chi connectivity index (χ0n) is 14.1. The van der Waals surface area contributed by atoms with Crippen LogP contribution >= 0.6 is 11.6 Å². The third kappa shape index (κ3) is 3.35. The van der Waals surface area contributed by atoms with Gasteiger partial charge in [0.05, 0.1) is 12.6 Å². The van der Waals surface area contributed by atoms with Gasteiger partial charge in [0, 0.05) is 16.0 Å². The molecule has 1 aromatic heterocycles. The predicted molar refractivity (Wildman–Crippen MR) is 105 cm³/mol. The second kappa shape index (κ2) is 7.06. The van der Waals surface area contributed by atoms with E-state index in [0.29, 0.717) is 10.8 Å². The number of hydrogen-bond acceptors (Lipinski definition) is 3. The fourth-order valence-corrected chi connectivity index (χ4v) is 2.89. The molecule has 0 unspecified atom stereocenters. The number of aromatic nitrogens is 1. The van der Waals surface area contributed by atoms with Crippen LogP contribution < -0.4 is 9.47 Å². The molecule has 0 spiro atoms. The largest absolute Gasteiger partial charge is 0.497 e. The molecule has 3 aromatic carbocycles. The van der Waals surface area contributed by atoms with Crippen molar-refractivity contribution in [2.24, 2.45) is 0 Å². The van der Waals surface area contributed by atoms with Gasteiger partial charge in [-0.3, -0.25) is 0 Å². The summed E-state index contributed by atoms with van der Waals surface area (Å²) in [6, 6.07) is 25.1. The van der Waals surface area contributed by atoms with Crippen molar-refractivity contribution in [1.82, 2.24) is 4.98 Å². The van der Waals surface area contributed by atoms with E-state index in [1.807, 2.05) is 78.9 Å². The van der Waals surface area contributed by atoms with Gasteiger partial charge in [-0.2, -0.15) is 0 Å². The molecule has 4 heteroatoms. The summed E-state index contributed by atoms with van der Waals surface area (Å²) < 4.78 is 11.4. The highest BCUT2D eigenvalue weighted by Crippen LogP contribution is 2.35. The van der Waals surface area contributed by atoms with Crippen LogP contribution in [0.25, 0.3) is 22.2 Å². The van der Waals surface area contributed by atoms with Gasteiger partial charge in [0.2, 0.25) is 0 Å². The van der Waals surface area contributed by atoms with E-state index in [4.69, 9.17) is 26.1 Å². The third-order valence-corrected chi connectivity index (χ3v) is 4.35. The second-order valence-electron chi connectivity index (χ2n) is 5.81. The average Bonchev–Trinajstić information content (AvgIpc) is 2.69. The normalized spacial score (nSPS) is 10.7. The van der Waals surface area contributed by atoms with Crippen LogP contribution in [0.3, 0.4) is 0 Å². The standard InChI is InChI=1S/C22H16ClNO2/c1-25-18-10-12-19(13-11-18)26-21-14-16-4-2-3-5-20(16)24-22(21)15-6-8-17(23)9-7-15/h2-14H,1H3. The van der Waals surface area contributed by atoms with Crippen molar-refractivity contribution in [3.8, 4) is 28.5 Å². The van der Waals surface area contributed by atoms with E-state index >= 15 is 0 Å². The van der Waals surface area contributed by atoms with Crippen molar-refractivity contribution in [1.29, 1.82) is 0 Å². The smallest absolute Gasteiger partial charge is 0.154 e. The van der Waals surface area contributed by atoms with Crippen LogP contribution in [0.15, 0.2) is 78.9 Å². The number of benzene rings is 3. The summed E-state index contributed by atoms with van der Waals surface area (Å²) in [5.41, 5.74) is 2.64. The number of rotatable bonds is 4. The topological polar surface area (TPSA) is 31.4 Å². The summed E-state index contributed by atoms with van der Waals surface area (Å²) in [4.78, 5) is 4.81. The molecule has 0 aliphatic rings. The Labute approximate surface area is 156 Å². The van der Waals surface area contributed by atoms with Crippen LogP contribution in [0.1, 0.15) is 0 Å². The van der Waals surface area contributed by atoms with Crippen molar-refractivity contribution >= 4 is 22.5 Å². The monoisotopic (exact) mass is 361 g/mol. The van der Waals surface area contributed by atoms with Gasteiger partial charge in [-0.15, -0.1) is 0 Å². The van der Waals surface area contributed by atoms with Crippen molar-refractivity contribution in [2.45, 2.75) is 0 Å². The van der Waals surface area contributed by atoms with E-state index in [0.717, 1.165) is 33.7 Å². The van der Waals surface area contributed by atoms with Crippen molar-refractivity contribution in [3.05, 3.63) is 83.9 Å². The highest BCUT2D eigenvalue weighted by molar-refractivity contribution is 6.30. The Kier molecular flexibility index (Phi) is 4.46. The summed E-state index contributed by atoms with van der Waals surface area (Å²) in [6.45, 7) is 0. The molecule has 26 heavy (non-hydrogen) atoms. The Bertz CT molecular complexity index is 1040. The molecule has 0 N–H and O–H groups in total. The Morgan fingerprint density at radius 1 is 0.808 bits per heavy atom. The fourth-order valence-electron chi connectivity index (χ4n) is 2.76. The zero-order chi connectivity index (χ0) is 17.9. The Hall–Kier alpha value is -3.04. The summed E-state index contributed by atoms with van der Waals surface area (Å²) in [5, 5.41) is 1.71. The number of hydrogen-bond donors (Lipinski definition) is 0. The molecule has 128 valence electrons. The third-order valence-electron chi connectivity index (χ3n) is 4.09. The number of para-hydroxylation sites is 1. The maximum atomic E-state index is 6.15. The molecule has 0 fully saturated rings. The first-order valence-electron chi connectivity index (χ1n) is 8.20. The molecule has 1 heterocycles. The average molecular weight is 362 g/mol. The van der Waals surface area contributed by atoms with Gasteiger partial charge in [-0.25, -0.2) is 4.98 Å². The maximum Gasteiger partial charge on any atom is 0.154 e. The summed E-state index contributed by atoms with van der Waals surface area (Å²) in [5.74, 6) is 2.20. The Morgan fingerprint density at radius 3 is 2.23 bits per heavy atom. The highest BCUT2D eigenvalue weighted by Gasteiger charge is 2.12. The Morgan fingerprint density at radius 2 is 1.50 bits per heavy atom. The van der Waals surface area contributed by atoms with E-state index in [1.54, 1.807) is 7.11 Å². The first-order valence-corrected chi connectivity index (χ1v) is 8.58. The summed E-state index contributed by atoms with van der Waals surface area (Å²) in [7, 11) is 1.64. The summed E-state index contributed by atoms with van der Waals surface area (Å²) in [6.07, 6.45) is 0. The quantitative estimate of drug-likeness (QED) is 0.424. The van der Waals surface area contributed by atoms with Crippen LogP contribution in [0.5, 0.6) is 17.2 Å². The van der Waals surface area contributed by atoms with Crippen LogP contribution in [0, 0.1) is 0 Å². The summed E-state index contributed by atoms with van der Waals surface area (Å²) >= 11 is 6.03. The van der Waals surface area contributed by atoms with E-state index in [-0.39, 0.29) is 0 Å². The molecule has 4 rings (SSSR count). The SMILES string of the molecule is COc1ccc(Oc2cc3ccccc3nc2-c2ccc(Cl)cc2)cc1. The molecular formula is C22H16ClNO2. The lowest BCUT2D eigenvalue weighted by atomic mass is 10.1. The molecule has 3 nitrogen and oxygen atoms in total.